The topological polar surface area (TPSA) is 56.7 Å². The minimum Gasteiger partial charge on any atom is -0.357 e. The van der Waals surface area contributed by atoms with Crippen molar-refractivity contribution in [2.45, 2.75) is 26.7 Å². The lowest BCUT2D eigenvalue weighted by Crippen LogP contribution is -2.53. The molecule has 0 spiro atoms. The largest absolute Gasteiger partial charge is 0.357 e. The Hall–Kier alpha value is -2.63. The van der Waals surface area contributed by atoms with Gasteiger partial charge in [-0.2, -0.15) is 0 Å². The second-order valence-electron chi connectivity index (χ2n) is 7.03. The number of nitrogens with one attached hydrogen (secondary N) is 1. The van der Waals surface area contributed by atoms with Crippen LogP contribution in [0.15, 0.2) is 47.7 Å². The Balaban J connectivity index is 1.60. The Bertz CT molecular complexity index is 720. The maximum Gasteiger partial charge on any atom is 0.225 e. The molecular formula is C21H30N6. The van der Waals surface area contributed by atoms with Crippen LogP contribution in [0.3, 0.4) is 0 Å². The average molecular weight is 367 g/mol. The molecule has 6 heteroatoms. The number of anilines is 1. The molecule has 1 fully saturated rings. The van der Waals surface area contributed by atoms with Gasteiger partial charge >= 0.3 is 0 Å². The van der Waals surface area contributed by atoms with Crippen molar-refractivity contribution in [3.8, 4) is 0 Å². The summed E-state index contributed by atoms with van der Waals surface area (Å²) in [7, 11) is 0. The summed E-state index contributed by atoms with van der Waals surface area (Å²) in [6, 6.07) is 10.6. The summed E-state index contributed by atoms with van der Waals surface area (Å²) in [5.41, 5.74) is 2.63. The highest BCUT2D eigenvalue weighted by atomic mass is 15.4. The van der Waals surface area contributed by atoms with E-state index in [9.17, 15) is 0 Å². The molecule has 0 aliphatic carbocycles. The standard InChI is InChI=1S/C21H30N6/c1-4-22-20(25-16-18(3)19-8-6-17(2)7-9-19)26-12-14-27(15-13-26)21-23-10-5-11-24-21/h5-11,18H,4,12-16H2,1-3H3,(H,22,25). The lowest BCUT2D eigenvalue weighted by molar-refractivity contribution is 0.370. The summed E-state index contributed by atoms with van der Waals surface area (Å²) in [4.78, 5) is 18.2. The lowest BCUT2D eigenvalue weighted by atomic mass is 10.0. The summed E-state index contributed by atoms with van der Waals surface area (Å²) >= 11 is 0. The smallest absolute Gasteiger partial charge is 0.225 e. The van der Waals surface area contributed by atoms with Crippen molar-refractivity contribution in [3.05, 3.63) is 53.9 Å². The molecule has 1 N–H and O–H groups in total. The molecule has 3 rings (SSSR count). The van der Waals surface area contributed by atoms with E-state index < -0.39 is 0 Å². The van der Waals surface area contributed by atoms with Gasteiger partial charge in [0.15, 0.2) is 5.96 Å². The van der Waals surface area contributed by atoms with E-state index in [0.29, 0.717) is 5.92 Å². The summed E-state index contributed by atoms with van der Waals surface area (Å²) in [5.74, 6) is 2.22. The number of benzene rings is 1. The number of piperazine rings is 1. The fraction of sp³-hybridized carbons (Fsp3) is 0.476. The molecule has 0 amide bonds. The second-order valence-corrected chi connectivity index (χ2v) is 7.03. The first-order valence-corrected chi connectivity index (χ1v) is 9.79. The van der Waals surface area contributed by atoms with Crippen LogP contribution in [0.25, 0.3) is 0 Å². The first kappa shape index (κ1) is 19.1. The van der Waals surface area contributed by atoms with Crippen LogP contribution >= 0.6 is 0 Å². The highest BCUT2D eigenvalue weighted by molar-refractivity contribution is 5.80. The SMILES string of the molecule is CCNC(=NCC(C)c1ccc(C)cc1)N1CCN(c2ncccn2)CC1. The van der Waals surface area contributed by atoms with Crippen molar-refractivity contribution in [1.29, 1.82) is 0 Å². The zero-order chi connectivity index (χ0) is 19.1. The number of aliphatic imine (C=N–C) groups is 1. The molecule has 0 radical (unpaired) electrons. The monoisotopic (exact) mass is 366 g/mol. The summed E-state index contributed by atoms with van der Waals surface area (Å²) < 4.78 is 0. The first-order valence-electron chi connectivity index (χ1n) is 9.79. The van der Waals surface area contributed by atoms with Gasteiger partial charge in [0.2, 0.25) is 5.95 Å². The van der Waals surface area contributed by atoms with Gasteiger partial charge in [0.25, 0.3) is 0 Å². The van der Waals surface area contributed by atoms with Crippen LogP contribution in [0.1, 0.15) is 30.9 Å². The zero-order valence-corrected chi connectivity index (χ0v) is 16.6. The molecule has 1 aromatic heterocycles. The maximum absolute atomic E-state index is 4.92. The van der Waals surface area contributed by atoms with Crippen molar-refractivity contribution in [2.75, 3.05) is 44.2 Å². The molecule has 1 aliphatic heterocycles. The molecule has 1 atom stereocenters. The normalized spacial score (nSPS) is 16.3. The van der Waals surface area contributed by atoms with E-state index in [1.54, 1.807) is 12.4 Å². The van der Waals surface area contributed by atoms with Crippen molar-refractivity contribution in [2.24, 2.45) is 4.99 Å². The van der Waals surface area contributed by atoms with Gasteiger partial charge in [0, 0.05) is 57.6 Å². The van der Waals surface area contributed by atoms with Gasteiger partial charge in [-0.25, -0.2) is 9.97 Å². The Morgan fingerprint density at radius 3 is 2.41 bits per heavy atom. The van der Waals surface area contributed by atoms with Crippen LogP contribution in [0, 0.1) is 6.92 Å². The Labute approximate surface area is 162 Å². The molecule has 0 saturated carbocycles. The van der Waals surface area contributed by atoms with E-state index in [1.807, 2.05) is 6.07 Å². The van der Waals surface area contributed by atoms with Gasteiger partial charge in [-0.15, -0.1) is 0 Å². The summed E-state index contributed by atoms with van der Waals surface area (Å²) in [6.07, 6.45) is 3.60. The number of rotatable bonds is 5. The van der Waals surface area contributed by atoms with E-state index in [0.717, 1.165) is 51.2 Å². The Morgan fingerprint density at radius 1 is 1.11 bits per heavy atom. The second kappa shape index (κ2) is 9.35. The molecule has 2 aromatic rings. The van der Waals surface area contributed by atoms with Crippen molar-refractivity contribution < 1.29 is 0 Å². The third kappa shape index (κ3) is 5.18. The van der Waals surface area contributed by atoms with Crippen molar-refractivity contribution in [1.82, 2.24) is 20.2 Å². The van der Waals surface area contributed by atoms with Crippen LogP contribution in [0.5, 0.6) is 0 Å². The van der Waals surface area contributed by atoms with Crippen LogP contribution in [-0.2, 0) is 0 Å². The number of nitrogens with zero attached hydrogens (tertiary/aromatic N) is 5. The summed E-state index contributed by atoms with van der Waals surface area (Å²) in [5, 5.41) is 3.45. The molecule has 1 aliphatic rings. The fourth-order valence-electron chi connectivity index (χ4n) is 3.22. The van der Waals surface area contributed by atoms with Gasteiger partial charge in [0.1, 0.15) is 0 Å². The molecule has 27 heavy (non-hydrogen) atoms. The molecular weight excluding hydrogens is 336 g/mol. The molecule has 0 bridgehead atoms. The average Bonchev–Trinajstić information content (AvgIpc) is 2.72. The predicted molar refractivity (Wildman–Crippen MR) is 111 cm³/mol. The third-order valence-electron chi connectivity index (χ3n) is 4.91. The third-order valence-corrected chi connectivity index (χ3v) is 4.91. The highest BCUT2D eigenvalue weighted by Crippen LogP contribution is 2.16. The molecule has 144 valence electrons. The highest BCUT2D eigenvalue weighted by Gasteiger charge is 2.21. The Kier molecular flexibility index (Phi) is 6.63. The fourth-order valence-corrected chi connectivity index (χ4v) is 3.22. The van der Waals surface area contributed by atoms with Crippen molar-refractivity contribution in [3.63, 3.8) is 0 Å². The van der Waals surface area contributed by atoms with Gasteiger partial charge in [-0.3, -0.25) is 4.99 Å². The van der Waals surface area contributed by atoms with Gasteiger partial charge in [0.05, 0.1) is 0 Å². The Morgan fingerprint density at radius 2 is 1.78 bits per heavy atom. The quantitative estimate of drug-likeness (QED) is 0.651. The minimum absolute atomic E-state index is 0.401. The van der Waals surface area contributed by atoms with E-state index >= 15 is 0 Å². The number of hydrogen-bond acceptors (Lipinski definition) is 4. The number of hydrogen-bond donors (Lipinski definition) is 1. The minimum atomic E-state index is 0.401. The van der Waals surface area contributed by atoms with Crippen LogP contribution in [0.4, 0.5) is 5.95 Å². The predicted octanol–water partition coefficient (Wildman–Crippen LogP) is 2.68. The number of aryl methyl sites for hydroxylation is 1. The van der Waals surface area contributed by atoms with Crippen molar-refractivity contribution >= 4 is 11.9 Å². The van der Waals surface area contributed by atoms with Gasteiger partial charge in [-0.05, 0) is 25.5 Å². The molecule has 6 nitrogen and oxygen atoms in total. The molecule has 1 saturated heterocycles. The molecule has 1 aromatic carbocycles. The van der Waals surface area contributed by atoms with Gasteiger partial charge in [-0.1, -0.05) is 36.8 Å². The molecule has 1 unspecified atom stereocenters. The van der Waals surface area contributed by atoms with Gasteiger partial charge < -0.3 is 15.1 Å². The zero-order valence-electron chi connectivity index (χ0n) is 16.6. The van der Waals surface area contributed by atoms with E-state index in [1.165, 1.54) is 11.1 Å². The van der Waals surface area contributed by atoms with Crippen LogP contribution < -0.4 is 10.2 Å². The number of guanidine groups is 1. The maximum atomic E-state index is 4.92. The molecule has 2 heterocycles. The van der Waals surface area contributed by atoms with Crippen LogP contribution in [0.2, 0.25) is 0 Å². The van der Waals surface area contributed by atoms with E-state index in [4.69, 9.17) is 4.99 Å². The lowest BCUT2D eigenvalue weighted by Gasteiger charge is -2.36. The first-order chi connectivity index (χ1) is 13.2. The van der Waals surface area contributed by atoms with E-state index in [2.05, 4.69) is 70.1 Å². The van der Waals surface area contributed by atoms with E-state index in [-0.39, 0.29) is 0 Å². The van der Waals surface area contributed by atoms with Crippen LogP contribution in [-0.4, -0.2) is 60.1 Å². The number of aromatic nitrogens is 2. The summed E-state index contributed by atoms with van der Waals surface area (Å²) in [6.45, 7) is 11.8.